The van der Waals surface area contributed by atoms with Crippen LogP contribution in [0.5, 0.6) is 5.75 Å². The molecule has 4 rings (SSSR count). The number of aromatic nitrogens is 1. The second-order valence-electron chi connectivity index (χ2n) is 8.56. The topological polar surface area (TPSA) is 71.0 Å². The van der Waals surface area contributed by atoms with Crippen LogP contribution < -0.4 is 20.3 Å². The van der Waals surface area contributed by atoms with Gasteiger partial charge in [-0.25, -0.2) is 9.98 Å². The summed E-state index contributed by atoms with van der Waals surface area (Å²) in [6.45, 7) is 9.55. The van der Waals surface area contributed by atoms with Crippen molar-refractivity contribution in [1.29, 1.82) is 0 Å². The summed E-state index contributed by atoms with van der Waals surface area (Å²) in [6.07, 6.45) is 4.74. The van der Waals surface area contributed by atoms with E-state index in [1.807, 2.05) is 24.4 Å². The van der Waals surface area contributed by atoms with Crippen molar-refractivity contribution in [2.24, 2.45) is 10.9 Å². The third-order valence-corrected chi connectivity index (χ3v) is 5.73. The molecule has 2 aromatic rings. The second-order valence-corrected chi connectivity index (χ2v) is 8.56. The van der Waals surface area contributed by atoms with Crippen LogP contribution in [0.2, 0.25) is 0 Å². The molecule has 1 saturated carbocycles. The van der Waals surface area contributed by atoms with Gasteiger partial charge in [0.1, 0.15) is 11.6 Å². The Morgan fingerprint density at radius 2 is 2.09 bits per heavy atom. The Kier molecular flexibility index (Phi) is 7.82. The van der Waals surface area contributed by atoms with Crippen LogP contribution in [-0.2, 0) is 17.8 Å². The summed E-state index contributed by atoms with van der Waals surface area (Å²) in [4.78, 5) is 11.7. The van der Waals surface area contributed by atoms with Crippen LogP contribution in [0.4, 0.5) is 5.82 Å². The lowest BCUT2D eigenvalue weighted by molar-refractivity contribution is 0.0529. The van der Waals surface area contributed by atoms with Gasteiger partial charge < -0.3 is 25.0 Å². The molecule has 0 spiro atoms. The van der Waals surface area contributed by atoms with Gasteiger partial charge in [0.15, 0.2) is 5.96 Å². The van der Waals surface area contributed by atoms with Crippen molar-refractivity contribution < 1.29 is 9.47 Å². The molecule has 1 aromatic carbocycles. The smallest absolute Gasteiger partial charge is 0.191 e. The lowest BCUT2D eigenvalue weighted by atomic mass is 10.2. The van der Waals surface area contributed by atoms with Crippen molar-refractivity contribution in [2.45, 2.75) is 45.9 Å². The van der Waals surface area contributed by atoms with E-state index in [1.165, 1.54) is 12.8 Å². The van der Waals surface area contributed by atoms with Crippen molar-refractivity contribution in [3.8, 4) is 5.75 Å². The third kappa shape index (κ3) is 6.60. The Morgan fingerprint density at radius 3 is 2.84 bits per heavy atom. The molecule has 2 heterocycles. The van der Waals surface area contributed by atoms with Crippen LogP contribution in [-0.4, -0.2) is 49.9 Å². The van der Waals surface area contributed by atoms with E-state index in [4.69, 9.17) is 14.5 Å². The fourth-order valence-electron chi connectivity index (χ4n) is 3.70. The maximum atomic E-state index is 6.03. The molecule has 1 aromatic heterocycles. The van der Waals surface area contributed by atoms with Gasteiger partial charge in [-0.05, 0) is 50.3 Å². The van der Waals surface area contributed by atoms with E-state index in [0.29, 0.717) is 13.1 Å². The van der Waals surface area contributed by atoms with Crippen molar-refractivity contribution in [2.75, 3.05) is 37.7 Å². The lowest BCUT2D eigenvalue weighted by Gasteiger charge is -2.32. The number of rotatable bonds is 9. The van der Waals surface area contributed by atoms with Crippen LogP contribution in [0.3, 0.4) is 0 Å². The average Bonchev–Trinajstić information content (AvgIpc) is 3.65. The van der Waals surface area contributed by atoms with E-state index in [0.717, 1.165) is 67.4 Å². The van der Waals surface area contributed by atoms with E-state index in [9.17, 15) is 0 Å². The first-order valence-electron chi connectivity index (χ1n) is 11.8. The second kappa shape index (κ2) is 11.2. The van der Waals surface area contributed by atoms with Gasteiger partial charge in [0.2, 0.25) is 0 Å². The van der Waals surface area contributed by atoms with Crippen LogP contribution in [0.25, 0.3) is 0 Å². The number of benzene rings is 1. The Hall–Kier alpha value is -2.80. The molecule has 1 aliphatic carbocycles. The van der Waals surface area contributed by atoms with E-state index in [1.54, 1.807) is 0 Å². The summed E-state index contributed by atoms with van der Waals surface area (Å²) in [7, 11) is 0. The van der Waals surface area contributed by atoms with Crippen molar-refractivity contribution in [3.63, 3.8) is 0 Å². The molecule has 0 amide bonds. The first-order valence-corrected chi connectivity index (χ1v) is 11.8. The third-order valence-electron chi connectivity index (χ3n) is 5.73. The van der Waals surface area contributed by atoms with Gasteiger partial charge >= 0.3 is 0 Å². The van der Waals surface area contributed by atoms with E-state index >= 15 is 0 Å². The number of hydrogen-bond donors (Lipinski definition) is 2. The van der Waals surface area contributed by atoms with Gasteiger partial charge in [-0.3, -0.25) is 0 Å². The molecule has 32 heavy (non-hydrogen) atoms. The van der Waals surface area contributed by atoms with Crippen molar-refractivity contribution >= 4 is 11.8 Å². The SMILES string of the molecule is CCNC(=NCc1ccc(N2CCOC(C)C2)nc1)NCc1ccccc1OCC1CC1. The zero-order chi connectivity index (χ0) is 22.2. The summed E-state index contributed by atoms with van der Waals surface area (Å²) in [5, 5.41) is 6.76. The Bertz CT molecular complexity index is 882. The zero-order valence-electron chi connectivity index (χ0n) is 19.2. The molecular formula is C25H35N5O2. The summed E-state index contributed by atoms with van der Waals surface area (Å²) in [5.74, 6) is 3.48. The van der Waals surface area contributed by atoms with Gasteiger partial charge in [-0.1, -0.05) is 24.3 Å². The summed E-state index contributed by atoms with van der Waals surface area (Å²) < 4.78 is 11.7. The van der Waals surface area contributed by atoms with E-state index in [2.05, 4.69) is 52.6 Å². The first kappa shape index (κ1) is 22.4. The lowest BCUT2D eigenvalue weighted by Crippen LogP contribution is -2.41. The summed E-state index contributed by atoms with van der Waals surface area (Å²) in [5.41, 5.74) is 2.23. The zero-order valence-corrected chi connectivity index (χ0v) is 19.2. The highest BCUT2D eigenvalue weighted by molar-refractivity contribution is 5.79. The van der Waals surface area contributed by atoms with Gasteiger partial charge in [0.25, 0.3) is 0 Å². The van der Waals surface area contributed by atoms with E-state index in [-0.39, 0.29) is 6.10 Å². The van der Waals surface area contributed by atoms with Crippen molar-refractivity contribution in [1.82, 2.24) is 15.6 Å². The predicted molar refractivity (Wildman–Crippen MR) is 128 cm³/mol. The number of para-hydroxylation sites is 1. The largest absolute Gasteiger partial charge is 0.493 e. The minimum Gasteiger partial charge on any atom is -0.493 e. The van der Waals surface area contributed by atoms with Crippen LogP contribution in [0.1, 0.15) is 37.8 Å². The molecule has 172 valence electrons. The minimum absolute atomic E-state index is 0.243. The number of pyridine rings is 1. The quantitative estimate of drug-likeness (QED) is 0.463. The summed E-state index contributed by atoms with van der Waals surface area (Å²) >= 11 is 0. The molecule has 1 saturated heterocycles. The number of aliphatic imine (C=N–C) groups is 1. The maximum absolute atomic E-state index is 6.03. The molecule has 7 heteroatoms. The minimum atomic E-state index is 0.243. The number of anilines is 1. The van der Waals surface area contributed by atoms with Crippen LogP contribution in [0.15, 0.2) is 47.6 Å². The molecular weight excluding hydrogens is 402 g/mol. The molecule has 0 radical (unpaired) electrons. The monoisotopic (exact) mass is 437 g/mol. The van der Waals surface area contributed by atoms with Gasteiger partial charge in [-0.2, -0.15) is 0 Å². The van der Waals surface area contributed by atoms with Crippen molar-refractivity contribution in [3.05, 3.63) is 53.7 Å². The normalized spacial score (nSPS) is 19.0. The number of ether oxygens (including phenoxy) is 2. The number of morpholine rings is 1. The molecule has 1 unspecified atom stereocenters. The maximum Gasteiger partial charge on any atom is 0.191 e. The molecule has 7 nitrogen and oxygen atoms in total. The Labute approximate surface area is 191 Å². The Morgan fingerprint density at radius 1 is 1.22 bits per heavy atom. The first-order chi connectivity index (χ1) is 15.7. The number of hydrogen-bond acceptors (Lipinski definition) is 5. The molecule has 2 N–H and O–H groups in total. The highest BCUT2D eigenvalue weighted by Gasteiger charge is 2.22. The highest BCUT2D eigenvalue weighted by Crippen LogP contribution is 2.30. The standard InChI is InChI=1S/C25H35N5O2/c1-3-26-25(29-16-22-6-4-5-7-23(22)32-18-20-8-9-20)28-15-21-10-11-24(27-14-21)30-12-13-31-19(2)17-30/h4-7,10-11,14,19-20H,3,8-9,12-13,15-18H2,1-2H3,(H2,26,28,29). The Balaban J connectivity index is 1.33. The molecule has 1 aliphatic heterocycles. The van der Waals surface area contributed by atoms with Crippen LogP contribution >= 0.6 is 0 Å². The van der Waals surface area contributed by atoms with Gasteiger partial charge in [0.05, 0.1) is 25.9 Å². The molecule has 0 bridgehead atoms. The van der Waals surface area contributed by atoms with Gasteiger partial charge in [-0.15, -0.1) is 0 Å². The van der Waals surface area contributed by atoms with E-state index < -0.39 is 0 Å². The van der Waals surface area contributed by atoms with Gasteiger partial charge in [0, 0.05) is 37.9 Å². The number of nitrogens with one attached hydrogen (secondary N) is 2. The fraction of sp³-hybridized carbons (Fsp3) is 0.520. The molecule has 2 aliphatic rings. The highest BCUT2D eigenvalue weighted by atomic mass is 16.5. The fourth-order valence-corrected chi connectivity index (χ4v) is 3.70. The average molecular weight is 438 g/mol. The molecule has 1 atom stereocenters. The van der Waals surface area contributed by atoms with Crippen LogP contribution in [0, 0.1) is 5.92 Å². The molecule has 2 fully saturated rings. The predicted octanol–water partition coefficient (Wildman–Crippen LogP) is 3.35. The number of nitrogens with zero attached hydrogens (tertiary/aromatic N) is 3. The summed E-state index contributed by atoms with van der Waals surface area (Å²) in [6, 6.07) is 12.4. The number of guanidine groups is 1.